The number of hydrogen-bond acceptors (Lipinski definition) is 4. The molecule has 0 bridgehead atoms. The van der Waals surface area contributed by atoms with E-state index in [1.165, 1.54) is 0 Å². The lowest BCUT2D eigenvalue weighted by Gasteiger charge is -2.06. The lowest BCUT2D eigenvalue weighted by Crippen LogP contribution is -2.05. The second-order valence-corrected chi connectivity index (χ2v) is 3.33. The van der Waals surface area contributed by atoms with Crippen LogP contribution in [0.2, 0.25) is 0 Å². The van der Waals surface area contributed by atoms with Crippen molar-refractivity contribution >= 4 is 11.8 Å². The summed E-state index contributed by atoms with van der Waals surface area (Å²) in [5.41, 5.74) is 1.52. The van der Waals surface area contributed by atoms with Gasteiger partial charge in [0.05, 0.1) is 12.2 Å². The number of carbonyl (C=O) groups is 1. The smallest absolute Gasteiger partial charge is 0.335 e. The highest BCUT2D eigenvalue weighted by atomic mass is 16.5. The molecule has 0 amide bonds. The lowest BCUT2D eigenvalue weighted by molar-refractivity contribution is -0.135. The van der Waals surface area contributed by atoms with E-state index in [2.05, 4.69) is 10.3 Å². The first kappa shape index (κ1) is 9.71. The van der Waals surface area contributed by atoms with Crippen LogP contribution in [0.3, 0.4) is 0 Å². The summed E-state index contributed by atoms with van der Waals surface area (Å²) in [6.07, 6.45) is 2.37. The van der Waals surface area contributed by atoms with E-state index in [4.69, 9.17) is 4.74 Å². The molecule has 2 rings (SSSR count). The fourth-order valence-electron chi connectivity index (χ4n) is 1.48. The Kier molecular flexibility index (Phi) is 2.67. The number of pyridine rings is 1. The molecule has 78 valence electrons. The normalized spacial score (nSPS) is 18.6. The van der Waals surface area contributed by atoms with Crippen LogP contribution in [0, 0.1) is 0 Å². The maximum Gasteiger partial charge on any atom is 0.335 e. The van der Waals surface area contributed by atoms with Crippen LogP contribution >= 0.6 is 0 Å². The number of rotatable bonds is 2. The third kappa shape index (κ3) is 2.15. The molecule has 1 aromatic rings. The number of nitrogens with zero attached hydrogens (tertiary/aromatic N) is 1. The van der Waals surface area contributed by atoms with Crippen molar-refractivity contribution in [3.63, 3.8) is 0 Å². The van der Waals surface area contributed by atoms with Crippen molar-refractivity contribution < 1.29 is 9.53 Å². The monoisotopic (exact) mass is 204 g/mol. The summed E-state index contributed by atoms with van der Waals surface area (Å²) >= 11 is 0. The van der Waals surface area contributed by atoms with E-state index in [0.717, 1.165) is 11.5 Å². The predicted octanol–water partition coefficient (Wildman–Crippen LogP) is 1.71. The Morgan fingerprint density at radius 2 is 2.40 bits per heavy atom. The standard InChI is InChI=1S/C11H12N2O2/c1-8(9-5-7-15-11(9)14)13-10-4-2-3-6-12-10/h2-4,6H,5,7H2,1H3,(H,12,13)/b9-8-. The Morgan fingerprint density at radius 3 is 3.00 bits per heavy atom. The van der Waals surface area contributed by atoms with E-state index >= 15 is 0 Å². The molecule has 1 aliphatic rings. The summed E-state index contributed by atoms with van der Waals surface area (Å²) in [6, 6.07) is 5.59. The molecule has 1 fully saturated rings. The molecule has 1 aliphatic heterocycles. The van der Waals surface area contributed by atoms with Crippen molar-refractivity contribution in [2.75, 3.05) is 11.9 Å². The van der Waals surface area contributed by atoms with E-state index in [0.29, 0.717) is 18.6 Å². The number of cyclic esters (lactones) is 1. The van der Waals surface area contributed by atoms with Crippen LogP contribution in [-0.2, 0) is 9.53 Å². The van der Waals surface area contributed by atoms with Crippen molar-refractivity contribution in [3.05, 3.63) is 35.7 Å². The van der Waals surface area contributed by atoms with Crippen LogP contribution in [-0.4, -0.2) is 17.6 Å². The van der Waals surface area contributed by atoms with Gasteiger partial charge in [-0.1, -0.05) is 6.07 Å². The Morgan fingerprint density at radius 1 is 1.53 bits per heavy atom. The van der Waals surface area contributed by atoms with Gasteiger partial charge < -0.3 is 10.1 Å². The largest absolute Gasteiger partial charge is 0.462 e. The quantitative estimate of drug-likeness (QED) is 0.588. The topological polar surface area (TPSA) is 51.2 Å². The molecule has 0 atom stereocenters. The van der Waals surface area contributed by atoms with Crippen molar-refractivity contribution in [1.29, 1.82) is 0 Å². The first-order valence-electron chi connectivity index (χ1n) is 4.82. The highest BCUT2D eigenvalue weighted by Crippen LogP contribution is 2.18. The van der Waals surface area contributed by atoms with E-state index in [1.54, 1.807) is 6.20 Å². The van der Waals surface area contributed by atoms with E-state index in [9.17, 15) is 4.79 Å². The summed E-state index contributed by atoms with van der Waals surface area (Å²) < 4.78 is 4.87. The highest BCUT2D eigenvalue weighted by molar-refractivity contribution is 5.91. The number of hydrogen-bond donors (Lipinski definition) is 1. The van der Waals surface area contributed by atoms with Gasteiger partial charge in [0, 0.05) is 18.3 Å². The maximum atomic E-state index is 11.3. The second-order valence-electron chi connectivity index (χ2n) is 3.33. The van der Waals surface area contributed by atoms with Gasteiger partial charge in [0.2, 0.25) is 0 Å². The maximum absolute atomic E-state index is 11.3. The van der Waals surface area contributed by atoms with Gasteiger partial charge in [-0.05, 0) is 19.1 Å². The summed E-state index contributed by atoms with van der Waals surface area (Å²) in [5.74, 6) is 0.512. The van der Waals surface area contributed by atoms with Gasteiger partial charge >= 0.3 is 5.97 Å². The fourth-order valence-corrected chi connectivity index (χ4v) is 1.48. The molecule has 0 aliphatic carbocycles. The average Bonchev–Trinajstić information content (AvgIpc) is 2.66. The molecule has 4 heteroatoms. The van der Waals surface area contributed by atoms with Gasteiger partial charge in [-0.3, -0.25) is 0 Å². The molecule has 0 aromatic carbocycles. The molecule has 0 spiro atoms. The third-order valence-electron chi connectivity index (χ3n) is 2.26. The third-order valence-corrected chi connectivity index (χ3v) is 2.26. The first-order chi connectivity index (χ1) is 7.27. The van der Waals surface area contributed by atoms with Crippen molar-refractivity contribution in [2.24, 2.45) is 0 Å². The van der Waals surface area contributed by atoms with E-state index < -0.39 is 0 Å². The van der Waals surface area contributed by atoms with Crippen LogP contribution in [0.5, 0.6) is 0 Å². The SMILES string of the molecule is C/C(Nc1ccccn1)=C1\CCOC1=O. The number of carbonyl (C=O) groups excluding carboxylic acids is 1. The minimum Gasteiger partial charge on any atom is -0.462 e. The summed E-state index contributed by atoms with van der Waals surface area (Å²) in [4.78, 5) is 15.4. The first-order valence-corrected chi connectivity index (χ1v) is 4.82. The van der Waals surface area contributed by atoms with Gasteiger partial charge in [0.25, 0.3) is 0 Å². The average molecular weight is 204 g/mol. The molecule has 2 heterocycles. The second kappa shape index (κ2) is 4.13. The molecule has 15 heavy (non-hydrogen) atoms. The molecule has 1 saturated heterocycles. The Labute approximate surface area is 88.0 Å². The molecule has 0 unspecified atom stereocenters. The van der Waals surface area contributed by atoms with Gasteiger partial charge in [-0.2, -0.15) is 0 Å². The minimum absolute atomic E-state index is 0.226. The van der Waals surface area contributed by atoms with Gasteiger partial charge in [0.1, 0.15) is 5.82 Å². The molecule has 4 nitrogen and oxygen atoms in total. The Balaban J connectivity index is 2.16. The van der Waals surface area contributed by atoms with Crippen LogP contribution in [0.25, 0.3) is 0 Å². The number of ether oxygens (including phenoxy) is 1. The number of aromatic nitrogens is 1. The molecule has 1 aromatic heterocycles. The zero-order chi connectivity index (χ0) is 10.7. The number of anilines is 1. The number of esters is 1. The lowest BCUT2D eigenvalue weighted by atomic mass is 10.2. The predicted molar refractivity (Wildman–Crippen MR) is 56.1 cm³/mol. The van der Waals surface area contributed by atoms with Crippen molar-refractivity contribution in [3.8, 4) is 0 Å². The van der Waals surface area contributed by atoms with E-state index in [-0.39, 0.29) is 5.97 Å². The summed E-state index contributed by atoms with van der Waals surface area (Å²) in [7, 11) is 0. The zero-order valence-electron chi connectivity index (χ0n) is 8.49. The molecule has 0 radical (unpaired) electrons. The Hall–Kier alpha value is -1.84. The van der Waals surface area contributed by atoms with Crippen LogP contribution < -0.4 is 5.32 Å². The Bertz CT molecular complexity index is 398. The fraction of sp³-hybridized carbons (Fsp3) is 0.273. The van der Waals surface area contributed by atoms with Gasteiger partial charge in [-0.25, -0.2) is 9.78 Å². The molecule has 0 saturated carbocycles. The van der Waals surface area contributed by atoms with Crippen LogP contribution in [0.15, 0.2) is 35.7 Å². The molecule has 1 N–H and O–H groups in total. The van der Waals surface area contributed by atoms with Crippen LogP contribution in [0.1, 0.15) is 13.3 Å². The van der Waals surface area contributed by atoms with Crippen molar-refractivity contribution in [1.82, 2.24) is 4.98 Å². The van der Waals surface area contributed by atoms with Gasteiger partial charge in [0.15, 0.2) is 0 Å². The summed E-state index contributed by atoms with van der Waals surface area (Å²) in [5, 5.41) is 3.08. The summed E-state index contributed by atoms with van der Waals surface area (Å²) in [6.45, 7) is 2.34. The molecular weight excluding hydrogens is 192 g/mol. The zero-order valence-corrected chi connectivity index (χ0v) is 8.49. The highest BCUT2D eigenvalue weighted by Gasteiger charge is 2.21. The number of allylic oxidation sites excluding steroid dienone is 1. The van der Waals surface area contributed by atoms with Gasteiger partial charge in [-0.15, -0.1) is 0 Å². The number of nitrogens with one attached hydrogen (secondary N) is 1. The molecular formula is C11H12N2O2. The van der Waals surface area contributed by atoms with E-state index in [1.807, 2.05) is 25.1 Å². The minimum atomic E-state index is -0.226. The van der Waals surface area contributed by atoms with Crippen molar-refractivity contribution in [2.45, 2.75) is 13.3 Å². The van der Waals surface area contributed by atoms with Crippen LogP contribution in [0.4, 0.5) is 5.82 Å².